The first-order valence-corrected chi connectivity index (χ1v) is 10.0. The molecule has 0 aromatic heterocycles. The van der Waals surface area contributed by atoms with Crippen LogP contribution >= 0.6 is 11.8 Å². The van der Waals surface area contributed by atoms with Gasteiger partial charge in [0.2, 0.25) is 0 Å². The summed E-state index contributed by atoms with van der Waals surface area (Å²) in [4.78, 5) is 4.39. The molecule has 2 aromatic carbocycles. The molecule has 3 nitrogen and oxygen atoms in total. The van der Waals surface area contributed by atoms with Gasteiger partial charge in [0.05, 0.1) is 30.9 Å². The first kappa shape index (κ1) is 22.5. The van der Waals surface area contributed by atoms with Crippen LogP contribution in [0.5, 0.6) is 0 Å². The zero-order valence-electron chi connectivity index (χ0n) is 15.8. The van der Waals surface area contributed by atoms with Gasteiger partial charge >= 0.3 is 12.4 Å². The van der Waals surface area contributed by atoms with E-state index in [1.807, 2.05) is 36.6 Å². The molecule has 1 atom stereocenters. The number of ether oxygens (including phenoxy) is 1. The van der Waals surface area contributed by atoms with E-state index in [0.29, 0.717) is 23.8 Å². The molecule has 1 aliphatic rings. The Morgan fingerprint density at radius 2 is 1.60 bits per heavy atom. The van der Waals surface area contributed by atoms with Gasteiger partial charge in [-0.25, -0.2) is 0 Å². The highest BCUT2D eigenvalue weighted by Crippen LogP contribution is 2.36. The van der Waals surface area contributed by atoms with Crippen molar-refractivity contribution < 1.29 is 31.1 Å². The molecule has 1 aliphatic heterocycles. The van der Waals surface area contributed by atoms with Crippen molar-refractivity contribution in [2.24, 2.45) is 4.99 Å². The molecule has 0 aliphatic carbocycles. The Kier molecular flexibility index (Phi) is 6.37. The van der Waals surface area contributed by atoms with Gasteiger partial charge in [0.1, 0.15) is 5.54 Å². The second-order valence-electron chi connectivity index (χ2n) is 6.81. The average Bonchev–Trinajstić information content (AvgIpc) is 3.12. The van der Waals surface area contributed by atoms with Gasteiger partial charge in [-0.05, 0) is 35.6 Å². The summed E-state index contributed by atoms with van der Waals surface area (Å²) in [7, 11) is 0. The number of thioether (sulfide) groups is 1. The van der Waals surface area contributed by atoms with Crippen molar-refractivity contribution >= 4 is 16.9 Å². The van der Waals surface area contributed by atoms with E-state index < -0.39 is 35.6 Å². The molecule has 0 bridgehead atoms. The van der Waals surface area contributed by atoms with Crippen molar-refractivity contribution in [3.63, 3.8) is 0 Å². The fourth-order valence-electron chi connectivity index (χ4n) is 3.14. The minimum Gasteiger partial charge on any atom is -0.374 e. The van der Waals surface area contributed by atoms with Crippen LogP contribution in [0.25, 0.3) is 0 Å². The maximum Gasteiger partial charge on any atom is 0.416 e. The van der Waals surface area contributed by atoms with Crippen molar-refractivity contribution in [2.45, 2.75) is 24.5 Å². The van der Waals surface area contributed by atoms with Gasteiger partial charge in [-0.15, -0.1) is 0 Å². The van der Waals surface area contributed by atoms with E-state index in [4.69, 9.17) is 4.74 Å². The highest BCUT2D eigenvalue weighted by atomic mass is 32.2. The number of nitrogens with zero attached hydrogens (tertiary/aromatic N) is 1. The summed E-state index contributed by atoms with van der Waals surface area (Å²) in [6.07, 6.45) is -7.94. The van der Waals surface area contributed by atoms with Crippen LogP contribution in [0.4, 0.5) is 26.3 Å². The van der Waals surface area contributed by atoms with Crippen LogP contribution in [0.3, 0.4) is 0 Å². The molecule has 2 aromatic rings. The standard InChI is InChI=1S/C20H18F6N2OS/c1-30-17-27-11-18(28-17,14-5-3-2-4-6-14)12-29-10-13-7-15(19(21,22)23)9-16(8-13)20(24,25)26/h2-9H,10-12H2,1H3,(H,27,28). The molecule has 30 heavy (non-hydrogen) atoms. The lowest BCUT2D eigenvalue weighted by Crippen LogP contribution is -2.46. The van der Waals surface area contributed by atoms with Crippen LogP contribution < -0.4 is 5.32 Å². The molecule has 0 fully saturated rings. The molecule has 0 saturated carbocycles. The summed E-state index contributed by atoms with van der Waals surface area (Å²) in [5.74, 6) is 0. The van der Waals surface area contributed by atoms with E-state index >= 15 is 0 Å². The number of aliphatic imine (C=N–C) groups is 1. The Morgan fingerprint density at radius 1 is 1.00 bits per heavy atom. The fraction of sp³-hybridized carbons (Fsp3) is 0.350. The molecule has 1 heterocycles. The fourth-order valence-corrected chi connectivity index (χ4v) is 3.63. The Balaban J connectivity index is 1.80. The summed E-state index contributed by atoms with van der Waals surface area (Å²) >= 11 is 1.40. The van der Waals surface area contributed by atoms with Crippen LogP contribution in [0, 0.1) is 0 Å². The van der Waals surface area contributed by atoms with Gasteiger partial charge in [-0.1, -0.05) is 42.1 Å². The highest BCUT2D eigenvalue weighted by molar-refractivity contribution is 8.13. The van der Waals surface area contributed by atoms with Gasteiger partial charge in [0.15, 0.2) is 5.17 Å². The van der Waals surface area contributed by atoms with E-state index in [0.717, 1.165) is 5.56 Å². The molecule has 0 radical (unpaired) electrons. The lowest BCUT2D eigenvalue weighted by Gasteiger charge is -2.30. The Morgan fingerprint density at radius 3 is 2.10 bits per heavy atom. The molecule has 1 N–H and O–H groups in total. The van der Waals surface area contributed by atoms with E-state index in [2.05, 4.69) is 10.3 Å². The monoisotopic (exact) mass is 448 g/mol. The summed E-state index contributed by atoms with van der Waals surface area (Å²) in [6, 6.07) is 10.7. The predicted molar refractivity (Wildman–Crippen MR) is 103 cm³/mol. The largest absolute Gasteiger partial charge is 0.416 e. The van der Waals surface area contributed by atoms with E-state index in [9.17, 15) is 26.3 Å². The number of rotatable bonds is 5. The van der Waals surface area contributed by atoms with Crippen molar-refractivity contribution in [3.05, 3.63) is 70.8 Å². The van der Waals surface area contributed by atoms with Crippen LogP contribution in [-0.2, 0) is 29.2 Å². The highest BCUT2D eigenvalue weighted by Gasteiger charge is 2.39. The van der Waals surface area contributed by atoms with Gasteiger partial charge < -0.3 is 10.1 Å². The van der Waals surface area contributed by atoms with Gasteiger partial charge in [-0.2, -0.15) is 26.3 Å². The molecule has 0 saturated heterocycles. The third-order valence-corrected chi connectivity index (χ3v) is 5.24. The third kappa shape index (κ3) is 5.10. The summed E-state index contributed by atoms with van der Waals surface area (Å²) in [5, 5.41) is 3.94. The lowest BCUT2D eigenvalue weighted by atomic mass is 9.91. The SMILES string of the molecule is CSC1=NCC(COCc2cc(C(F)(F)F)cc(C(F)(F)F)c2)(c2ccccc2)N1. The van der Waals surface area contributed by atoms with Crippen LogP contribution in [0.1, 0.15) is 22.3 Å². The van der Waals surface area contributed by atoms with Crippen molar-refractivity contribution in [1.82, 2.24) is 5.32 Å². The Bertz CT molecular complexity index is 881. The molecular formula is C20H18F6N2OS. The zero-order valence-corrected chi connectivity index (χ0v) is 16.6. The number of amidine groups is 1. The molecule has 162 valence electrons. The van der Waals surface area contributed by atoms with Crippen molar-refractivity contribution in [2.75, 3.05) is 19.4 Å². The number of hydrogen-bond acceptors (Lipinski definition) is 4. The van der Waals surface area contributed by atoms with E-state index in [1.165, 1.54) is 11.8 Å². The topological polar surface area (TPSA) is 33.6 Å². The molecule has 3 rings (SSSR count). The average molecular weight is 448 g/mol. The molecule has 1 unspecified atom stereocenters. The quantitative estimate of drug-likeness (QED) is 0.617. The Hall–Kier alpha value is -2.20. The van der Waals surface area contributed by atoms with E-state index in [1.54, 1.807) is 0 Å². The smallest absolute Gasteiger partial charge is 0.374 e. The first-order valence-electron chi connectivity index (χ1n) is 8.82. The van der Waals surface area contributed by atoms with Crippen molar-refractivity contribution in [3.8, 4) is 0 Å². The number of nitrogens with one attached hydrogen (secondary N) is 1. The molecule has 0 spiro atoms. The summed E-state index contributed by atoms with van der Waals surface area (Å²) in [5.41, 5.74) is -2.81. The van der Waals surface area contributed by atoms with Gasteiger partial charge in [0.25, 0.3) is 0 Å². The van der Waals surface area contributed by atoms with Crippen LogP contribution in [0.2, 0.25) is 0 Å². The molecule has 10 heteroatoms. The number of benzene rings is 2. The minimum atomic E-state index is -4.89. The lowest BCUT2D eigenvalue weighted by molar-refractivity contribution is -0.143. The predicted octanol–water partition coefficient (Wildman–Crippen LogP) is 5.46. The summed E-state index contributed by atoms with van der Waals surface area (Å²) < 4.78 is 83.8. The van der Waals surface area contributed by atoms with E-state index in [-0.39, 0.29) is 18.2 Å². The molecular weight excluding hydrogens is 430 g/mol. The first-order chi connectivity index (χ1) is 14.0. The number of hydrogen-bond donors (Lipinski definition) is 1. The maximum absolute atomic E-state index is 13.0. The van der Waals surface area contributed by atoms with Crippen molar-refractivity contribution in [1.29, 1.82) is 0 Å². The van der Waals surface area contributed by atoms with Crippen LogP contribution in [-0.4, -0.2) is 24.6 Å². The third-order valence-electron chi connectivity index (χ3n) is 4.62. The second kappa shape index (κ2) is 8.50. The minimum absolute atomic E-state index is 0.0160. The normalized spacial score (nSPS) is 19.5. The zero-order chi connectivity index (χ0) is 22.0. The van der Waals surface area contributed by atoms with Gasteiger partial charge in [-0.3, -0.25) is 4.99 Å². The van der Waals surface area contributed by atoms with Crippen LogP contribution in [0.15, 0.2) is 53.5 Å². The van der Waals surface area contributed by atoms with Gasteiger partial charge in [0, 0.05) is 0 Å². The maximum atomic E-state index is 13.0. The number of halogens is 6. The molecule has 0 amide bonds. The number of alkyl halides is 6. The summed E-state index contributed by atoms with van der Waals surface area (Å²) in [6.45, 7) is -0.0520. The Labute approximate surface area is 173 Å². The second-order valence-corrected chi connectivity index (χ2v) is 7.60.